The first-order valence-electron chi connectivity index (χ1n) is 4.59. The molecule has 0 heterocycles. The Kier molecular flexibility index (Phi) is 3.98. The molecule has 0 fully saturated rings. The fourth-order valence-corrected chi connectivity index (χ4v) is 1.29. The zero-order valence-electron chi connectivity index (χ0n) is 9.11. The van der Waals surface area contributed by atoms with E-state index in [0.717, 1.165) is 12.8 Å². The van der Waals surface area contributed by atoms with Crippen molar-refractivity contribution in [3.63, 3.8) is 0 Å². The van der Waals surface area contributed by atoms with E-state index in [1.807, 2.05) is 6.08 Å². The molecule has 0 aromatic heterocycles. The van der Waals surface area contributed by atoms with E-state index in [4.69, 9.17) is 4.74 Å². The number of rotatable bonds is 5. The fraction of sp³-hybridized carbons (Fsp3) is 0.818. The lowest BCUT2D eigenvalue weighted by Crippen LogP contribution is -2.42. The summed E-state index contributed by atoms with van der Waals surface area (Å²) in [7, 11) is 1.78. The van der Waals surface area contributed by atoms with E-state index < -0.39 is 0 Å². The van der Waals surface area contributed by atoms with Gasteiger partial charge >= 0.3 is 0 Å². The van der Waals surface area contributed by atoms with Crippen molar-refractivity contribution in [2.75, 3.05) is 7.11 Å². The summed E-state index contributed by atoms with van der Waals surface area (Å²) in [6.45, 7) is 12.6. The average Bonchev–Trinajstić information content (AvgIpc) is 2.04. The Morgan fingerprint density at radius 1 is 1.33 bits per heavy atom. The molecule has 72 valence electrons. The number of hydrogen-bond acceptors (Lipinski definition) is 1. The van der Waals surface area contributed by atoms with Crippen LogP contribution in [0.1, 0.15) is 40.5 Å². The van der Waals surface area contributed by atoms with E-state index >= 15 is 0 Å². The first kappa shape index (κ1) is 11.7. The van der Waals surface area contributed by atoms with Crippen molar-refractivity contribution in [3.8, 4) is 0 Å². The zero-order chi connectivity index (χ0) is 9.83. The molecule has 0 radical (unpaired) electrons. The van der Waals surface area contributed by atoms with E-state index in [1.54, 1.807) is 7.11 Å². The normalized spacial score (nSPS) is 17.1. The minimum absolute atomic E-state index is 0.0799. The maximum absolute atomic E-state index is 5.56. The minimum Gasteiger partial charge on any atom is -0.378 e. The van der Waals surface area contributed by atoms with Crippen molar-refractivity contribution in [2.24, 2.45) is 5.41 Å². The highest BCUT2D eigenvalue weighted by atomic mass is 16.5. The Labute approximate surface area is 76.8 Å². The Balaban J connectivity index is 4.59. The van der Waals surface area contributed by atoms with Gasteiger partial charge in [-0.3, -0.25) is 0 Å². The highest BCUT2D eigenvalue weighted by molar-refractivity contribution is 4.95. The predicted octanol–water partition coefficient (Wildman–Crippen LogP) is 3.40. The van der Waals surface area contributed by atoms with Gasteiger partial charge in [0, 0.05) is 7.11 Å². The van der Waals surface area contributed by atoms with Crippen molar-refractivity contribution in [1.29, 1.82) is 0 Å². The number of ether oxygens (including phenoxy) is 1. The van der Waals surface area contributed by atoms with Gasteiger partial charge in [-0.05, 0) is 25.2 Å². The lowest BCUT2D eigenvalue weighted by Gasteiger charge is -2.42. The van der Waals surface area contributed by atoms with Crippen LogP contribution in [0.5, 0.6) is 0 Å². The molecule has 0 amide bonds. The average molecular weight is 170 g/mol. The first-order valence-corrected chi connectivity index (χ1v) is 4.59. The van der Waals surface area contributed by atoms with Crippen molar-refractivity contribution in [3.05, 3.63) is 12.7 Å². The van der Waals surface area contributed by atoms with Gasteiger partial charge in [0.25, 0.3) is 0 Å². The quantitative estimate of drug-likeness (QED) is 0.575. The molecule has 0 unspecified atom stereocenters. The summed E-state index contributed by atoms with van der Waals surface area (Å²) in [4.78, 5) is 0. The highest BCUT2D eigenvalue weighted by Crippen LogP contribution is 2.39. The predicted molar refractivity (Wildman–Crippen MR) is 54.3 cm³/mol. The van der Waals surface area contributed by atoms with Crippen molar-refractivity contribution in [2.45, 2.75) is 46.1 Å². The van der Waals surface area contributed by atoms with Crippen LogP contribution >= 0.6 is 0 Å². The van der Waals surface area contributed by atoms with E-state index in [1.165, 1.54) is 0 Å². The number of hydrogen-bond donors (Lipinski definition) is 0. The molecule has 1 atom stereocenters. The van der Waals surface area contributed by atoms with Gasteiger partial charge in [-0.2, -0.15) is 0 Å². The summed E-state index contributed by atoms with van der Waals surface area (Å²) < 4.78 is 5.56. The van der Waals surface area contributed by atoms with Crippen LogP contribution in [0, 0.1) is 5.41 Å². The molecule has 0 aliphatic rings. The standard InChI is InChI=1S/C11H22O/c1-7-9-11(5,12-6)10(3,4)8-2/h7H,1,8-9H2,2-6H3/t11-/m1/s1. The Bertz CT molecular complexity index is 149. The third kappa shape index (κ3) is 2.10. The van der Waals surface area contributed by atoms with Crippen LogP contribution in [-0.2, 0) is 4.74 Å². The van der Waals surface area contributed by atoms with Crippen LogP contribution in [0.25, 0.3) is 0 Å². The molecule has 0 N–H and O–H groups in total. The first-order chi connectivity index (χ1) is 5.43. The summed E-state index contributed by atoms with van der Waals surface area (Å²) in [6.07, 6.45) is 3.95. The second-order valence-electron chi connectivity index (χ2n) is 4.17. The molecule has 0 saturated carbocycles. The molecule has 1 nitrogen and oxygen atoms in total. The van der Waals surface area contributed by atoms with E-state index in [2.05, 4.69) is 34.3 Å². The summed E-state index contributed by atoms with van der Waals surface area (Å²) >= 11 is 0. The molecule has 0 saturated heterocycles. The lowest BCUT2D eigenvalue weighted by atomic mass is 9.72. The van der Waals surface area contributed by atoms with Crippen LogP contribution in [0.4, 0.5) is 0 Å². The van der Waals surface area contributed by atoms with Gasteiger partial charge in [-0.1, -0.05) is 26.8 Å². The zero-order valence-corrected chi connectivity index (χ0v) is 9.11. The van der Waals surface area contributed by atoms with Gasteiger partial charge in [-0.25, -0.2) is 0 Å². The third-order valence-corrected chi connectivity index (χ3v) is 3.30. The van der Waals surface area contributed by atoms with E-state index in [0.29, 0.717) is 0 Å². The molecule has 0 aromatic carbocycles. The smallest absolute Gasteiger partial charge is 0.0735 e. The Hall–Kier alpha value is -0.300. The molecule has 0 rings (SSSR count). The second-order valence-corrected chi connectivity index (χ2v) is 4.17. The van der Waals surface area contributed by atoms with Gasteiger partial charge in [0.2, 0.25) is 0 Å². The largest absolute Gasteiger partial charge is 0.378 e. The maximum atomic E-state index is 5.56. The van der Waals surface area contributed by atoms with Crippen LogP contribution in [0.3, 0.4) is 0 Å². The molecule has 0 aliphatic carbocycles. The van der Waals surface area contributed by atoms with Crippen molar-refractivity contribution < 1.29 is 4.74 Å². The molecule has 0 aromatic rings. The van der Waals surface area contributed by atoms with Gasteiger partial charge in [-0.15, -0.1) is 6.58 Å². The van der Waals surface area contributed by atoms with Gasteiger partial charge in [0.15, 0.2) is 0 Å². The summed E-state index contributed by atoms with van der Waals surface area (Å²) in [5.41, 5.74) is 0.124. The molecule has 0 spiro atoms. The van der Waals surface area contributed by atoms with Crippen LogP contribution in [0.2, 0.25) is 0 Å². The molecule has 0 aliphatic heterocycles. The third-order valence-electron chi connectivity index (χ3n) is 3.30. The summed E-state index contributed by atoms with van der Waals surface area (Å²) in [6, 6.07) is 0. The van der Waals surface area contributed by atoms with Crippen molar-refractivity contribution >= 4 is 0 Å². The van der Waals surface area contributed by atoms with Crippen molar-refractivity contribution in [1.82, 2.24) is 0 Å². The Morgan fingerprint density at radius 2 is 1.83 bits per heavy atom. The summed E-state index contributed by atoms with van der Waals surface area (Å²) in [5.74, 6) is 0. The SMILES string of the molecule is C=CC[C@@](C)(OC)C(C)(C)CC. The number of methoxy groups -OCH3 is 1. The van der Waals surface area contributed by atoms with Crippen LogP contribution in [-0.4, -0.2) is 12.7 Å². The summed E-state index contributed by atoms with van der Waals surface area (Å²) in [5, 5.41) is 0. The molecule has 12 heavy (non-hydrogen) atoms. The van der Waals surface area contributed by atoms with Gasteiger partial charge in [0.1, 0.15) is 0 Å². The fourth-order valence-electron chi connectivity index (χ4n) is 1.29. The van der Waals surface area contributed by atoms with Gasteiger partial charge in [0.05, 0.1) is 5.60 Å². The molecular weight excluding hydrogens is 148 g/mol. The monoisotopic (exact) mass is 170 g/mol. The minimum atomic E-state index is -0.0799. The second kappa shape index (κ2) is 4.08. The highest BCUT2D eigenvalue weighted by Gasteiger charge is 2.38. The van der Waals surface area contributed by atoms with Crippen LogP contribution in [0.15, 0.2) is 12.7 Å². The Morgan fingerprint density at radius 3 is 2.08 bits per heavy atom. The van der Waals surface area contributed by atoms with Crippen LogP contribution < -0.4 is 0 Å². The van der Waals surface area contributed by atoms with E-state index in [9.17, 15) is 0 Å². The molecule has 0 bridgehead atoms. The molecular formula is C11H22O. The lowest BCUT2D eigenvalue weighted by molar-refractivity contribution is -0.0846. The molecule has 1 heteroatoms. The topological polar surface area (TPSA) is 9.23 Å². The maximum Gasteiger partial charge on any atom is 0.0735 e. The van der Waals surface area contributed by atoms with Gasteiger partial charge < -0.3 is 4.74 Å². The van der Waals surface area contributed by atoms with E-state index in [-0.39, 0.29) is 11.0 Å².